The first kappa shape index (κ1) is 39.9. The molecule has 2 aliphatic heterocycles. The monoisotopic (exact) mass is 795 g/mol. The molecule has 1 fully saturated rings. The molecular weight excluding hydrogens is 743 g/mol. The van der Waals surface area contributed by atoms with Gasteiger partial charge in [-0.15, -0.1) is 0 Å². The molecule has 1 amide bonds. The summed E-state index contributed by atoms with van der Waals surface area (Å²) in [5.74, 6) is 3.52. The molecule has 1 saturated carbocycles. The molecule has 3 heterocycles. The largest absolute Gasteiger partial charge is 0.493 e. The maximum absolute atomic E-state index is 14.3. The number of carbonyl (C=O) groups excluding carboxylic acids is 2. The van der Waals surface area contributed by atoms with Crippen LogP contribution in [-0.4, -0.2) is 54.2 Å². The molecular formula is C49H53N3O7. The van der Waals surface area contributed by atoms with Crippen LogP contribution >= 0.6 is 0 Å². The number of nitrogens with zero attached hydrogens (tertiary/aromatic N) is 2. The van der Waals surface area contributed by atoms with E-state index in [4.69, 9.17) is 23.7 Å². The van der Waals surface area contributed by atoms with Gasteiger partial charge in [0.25, 0.3) is 0 Å². The fourth-order valence-corrected chi connectivity index (χ4v) is 8.35. The quantitative estimate of drug-likeness (QED) is 0.117. The molecule has 0 bridgehead atoms. The molecule has 10 heteroatoms. The van der Waals surface area contributed by atoms with E-state index in [-0.39, 0.29) is 18.4 Å². The number of hydrogen-bond acceptors (Lipinski definition) is 9. The number of aryl methyl sites for hydroxylation is 1. The van der Waals surface area contributed by atoms with Gasteiger partial charge in [0.05, 0.1) is 19.8 Å². The average molecular weight is 796 g/mol. The number of hydrogen-bond donors (Lipinski definition) is 1. The van der Waals surface area contributed by atoms with Gasteiger partial charge in [0.1, 0.15) is 29.9 Å². The zero-order chi connectivity index (χ0) is 40.7. The van der Waals surface area contributed by atoms with E-state index in [0.29, 0.717) is 49.3 Å². The van der Waals surface area contributed by atoms with Crippen molar-refractivity contribution in [1.82, 2.24) is 15.2 Å². The van der Waals surface area contributed by atoms with E-state index in [0.717, 1.165) is 57.2 Å². The highest BCUT2D eigenvalue weighted by Crippen LogP contribution is 2.41. The molecule has 0 saturated heterocycles. The van der Waals surface area contributed by atoms with E-state index in [1.165, 1.54) is 39.2 Å². The van der Waals surface area contributed by atoms with Crippen molar-refractivity contribution in [3.63, 3.8) is 0 Å². The standard InChI is InChI=1S/C49H53N3O7/c1-32-33(2)50-23-22-44(32)58-41-18-14-34(15-19-41)24-42(49(54)55-3)51-48(53)43-25-38-26-45-46(27-39(38)29-52(43)28-35-10-6-4-7-11-35)59-47(31-57-45)37-16-20-40(21-17-37)56-30-36-12-8-5-9-13-36/h4,6-7,10-11,14-23,26-27,36,42-43,47H,5,8-9,12-13,24-25,28-31H2,1-3H3,(H,51,53)/t42-,43-,47+/m0/s1. The van der Waals surface area contributed by atoms with Crippen LogP contribution in [0, 0.1) is 19.8 Å². The van der Waals surface area contributed by atoms with Crippen molar-refractivity contribution >= 4 is 11.9 Å². The van der Waals surface area contributed by atoms with Crippen LogP contribution in [0.15, 0.2) is 103 Å². The third kappa shape index (κ3) is 9.71. The lowest BCUT2D eigenvalue weighted by molar-refractivity contribution is -0.145. The Hall–Kier alpha value is -5.87. The number of nitrogens with one attached hydrogen (secondary N) is 1. The van der Waals surface area contributed by atoms with Crippen molar-refractivity contribution in [2.45, 2.75) is 90.1 Å². The van der Waals surface area contributed by atoms with E-state index in [1.54, 1.807) is 6.20 Å². The number of methoxy groups -OCH3 is 1. The van der Waals surface area contributed by atoms with Crippen LogP contribution in [0.3, 0.4) is 0 Å². The van der Waals surface area contributed by atoms with Gasteiger partial charge < -0.3 is 29.0 Å². The predicted molar refractivity (Wildman–Crippen MR) is 225 cm³/mol. The lowest BCUT2D eigenvalue weighted by atomic mass is 9.90. The molecule has 0 spiro atoms. The molecule has 1 aromatic heterocycles. The number of pyridine rings is 1. The van der Waals surface area contributed by atoms with Crippen molar-refractivity contribution in [2.24, 2.45) is 5.92 Å². The first-order valence-electron chi connectivity index (χ1n) is 20.8. The van der Waals surface area contributed by atoms with Gasteiger partial charge in [0.2, 0.25) is 5.91 Å². The Bertz CT molecular complexity index is 2220. The number of ether oxygens (including phenoxy) is 5. The number of amides is 1. The Morgan fingerprint density at radius 1 is 0.864 bits per heavy atom. The zero-order valence-corrected chi connectivity index (χ0v) is 34.2. The van der Waals surface area contributed by atoms with Gasteiger partial charge in [-0.25, -0.2) is 4.79 Å². The maximum atomic E-state index is 14.3. The summed E-state index contributed by atoms with van der Waals surface area (Å²) in [6, 6.07) is 30.3. The number of carbonyl (C=O) groups is 2. The minimum Gasteiger partial charge on any atom is -0.493 e. The highest BCUT2D eigenvalue weighted by molar-refractivity contribution is 5.88. The first-order chi connectivity index (χ1) is 28.8. The first-order valence-corrected chi connectivity index (χ1v) is 20.8. The Labute approximate surface area is 346 Å². The number of rotatable bonds is 13. The van der Waals surface area contributed by atoms with E-state index in [2.05, 4.69) is 45.5 Å². The van der Waals surface area contributed by atoms with Gasteiger partial charge in [0.15, 0.2) is 17.6 Å². The summed E-state index contributed by atoms with van der Waals surface area (Å²) in [6.07, 6.45) is 8.60. The van der Waals surface area contributed by atoms with Gasteiger partial charge in [0, 0.05) is 37.0 Å². The Kier molecular flexibility index (Phi) is 12.4. The van der Waals surface area contributed by atoms with Crippen molar-refractivity contribution < 1.29 is 33.3 Å². The average Bonchev–Trinajstić information content (AvgIpc) is 3.27. The van der Waals surface area contributed by atoms with E-state index >= 15 is 0 Å². The minimum atomic E-state index is -0.890. The summed E-state index contributed by atoms with van der Waals surface area (Å²) in [5, 5.41) is 3.06. The summed E-state index contributed by atoms with van der Waals surface area (Å²) in [7, 11) is 1.34. The van der Waals surface area contributed by atoms with Gasteiger partial charge in [-0.3, -0.25) is 14.7 Å². The summed E-state index contributed by atoms with van der Waals surface area (Å²) < 4.78 is 30.3. The van der Waals surface area contributed by atoms with Gasteiger partial charge >= 0.3 is 5.97 Å². The highest BCUT2D eigenvalue weighted by Gasteiger charge is 2.36. The second-order valence-corrected chi connectivity index (χ2v) is 16.0. The third-order valence-corrected chi connectivity index (χ3v) is 11.9. The number of aromatic nitrogens is 1. The number of benzene rings is 4. The van der Waals surface area contributed by atoms with E-state index in [9.17, 15) is 9.59 Å². The smallest absolute Gasteiger partial charge is 0.328 e. The topological polar surface area (TPSA) is 108 Å². The Morgan fingerprint density at radius 2 is 1.61 bits per heavy atom. The zero-order valence-electron chi connectivity index (χ0n) is 34.2. The molecule has 5 aromatic rings. The SMILES string of the molecule is COC(=O)[C@H](Cc1ccc(Oc2ccnc(C)c2C)cc1)NC(=O)[C@@H]1Cc2cc3c(cc2CN1Cc1ccccc1)O[C@@H](c1ccc(OCC2CCCCC2)cc1)CO3. The molecule has 1 N–H and O–H groups in total. The summed E-state index contributed by atoms with van der Waals surface area (Å²) in [6.45, 7) is 6.12. The van der Waals surface area contributed by atoms with Crippen LogP contribution in [0.5, 0.6) is 28.7 Å². The fourth-order valence-electron chi connectivity index (χ4n) is 8.35. The number of fused-ring (bicyclic) bond motifs is 2. The van der Waals surface area contributed by atoms with Gasteiger partial charge in [-0.1, -0.05) is 73.9 Å². The van der Waals surface area contributed by atoms with Gasteiger partial charge in [-0.2, -0.15) is 0 Å². The molecule has 59 heavy (non-hydrogen) atoms. The van der Waals surface area contributed by atoms with Crippen LogP contribution in [0.4, 0.5) is 0 Å². The molecule has 306 valence electrons. The van der Waals surface area contributed by atoms with Crippen molar-refractivity contribution in [1.29, 1.82) is 0 Å². The van der Waals surface area contributed by atoms with Crippen LogP contribution in [0.2, 0.25) is 0 Å². The summed E-state index contributed by atoms with van der Waals surface area (Å²) in [4.78, 5) is 34.0. The normalized spacial score (nSPS) is 18.3. The lowest BCUT2D eigenvalue weighted by Crippen LogP contribution is -2.54. The molecule has 10 nitrogen and oxygen atoms in total. The summed E-state index contributed by atoms with van der Waals surface area (Å²) >= 11 is 0. The lowest BCUT2D eigenvalue weighted by Gasteiger charge is -2.37. The molecule has 3 aliphatic rings. The molecule has 8 rings (SSSR count). The fraction of sp³-hybridized carbons (Fsp3) is 0.367. The predicted octanol–water partition coefficient (Wildman–Crippen LogP) is 8.79. The minimum absolute atomic E-state index is 0.244. The van der Waals surface area contributed by atoms with Crippen molar-refractivity contribution in [2.75, 3.05) is 20.3 Å². The summed E-state index contributed by atoms with van der Waals surface area (Å²) in [5.41, 5.74) is 6.93. The van der Waals surface area contributed by atoms with Crippen LogP contribution in [0.25, 0.3) is 0 Å². The van der Waals surface area contributed by atoms with E-state index in [1.807, 2.05) is 80.6 Å². The Morgan fingerprint density at radius 3 is 2.37 bits per heavy atom. The second kappa shape index (κ2) is 18.4. The molecule has 1 aliphatic carbocycles. The van der Waals surface area contributed by atoms with E-state index < -0.39 is 18.1 Å². The molecule has 3 atom stereocenters. The Balaban J connectivity index is 0.957. The van der Waals surface area contributed by atoms with Crippen molar-refractivity contribution in [3.05, 3.63) is 142 Å². The maximum Gasteiger partial charge on any atom is 0.328 e. The molecule has 0 unspecified atom stereocenters. The van der Waals surface area contributed by atoms with Crippen molar-refractivity contribution in [3.8, 4) is 28.7 Å². The number of esters is 1. The molecule has 0 radical (unpaired) electrons. The second-order valence-electron chi connectivity index (χ2n) is 16.0. The highest BCUT2D eigenvalue weighted by atomic mass is 16.6. The van der Waals surface area contributed by atoms with Crippen LogP contribution < -0.4 is 24.3 Å². The third-order valence-electron chi connectivity index (χ3n) is 11.9. The van der Waals surface area contributed by atoms with Crippen LogP contribution in [-0.2, 0) is 40.3 Å². The van der Waals surface area contributed by atoms with Gasteiger partial charge in [-0.05, 0) is 109 Å². The van der Waals surface area contributed by atoms with Crippen LogP contribution in [0.1, 0.15) is 77.3 Å². The molecule has 4 aromatic carbocycles.